The maximum atomic E-state index is 11.7. The first-order valence-electron chi connectivity index (χ1n) is 5.67. The van der Waals surface area contributed by atoms with E-state index in [4.69, 9.17) is 4.74 Å². The molecule has 98 valence electrons. The van der Waals surface area contributed by atoms with E-state index in [9.17, 15) is 14.9 Å². The average molecular weight is 316 g/mol. The van der Waals surface area contributed by atoms with Crippen molar-refractivity contribution < 1.29 is 14.5 Å². The quantitative estimate of drug-likeness (QED) is 0.347. The Morgan fingerprint density at radius 3 is 2.78 bits per heavy atom. The first-order valence-corrected chi connectivity index (χ1v) is 6.46. The number of nitrogens with zero attached hydrogens (tertiary/aromatic N) is 1. The molecule has 0 heterocycles. The summed E-state index contributed by atoms with van der Waals surface area (Å²) in [5, 5.41) is 10.6. The number of ether oxygens (including phenoxy) is 1. The second kappa shape index (κ2) is 7.10. The van der Waals surface area contributed by atoms with E-state index in [1.165, 1.54) is 18.2 Å². The minimum Gasteiger partial charge on any atom is -0.462 e. The van der Waals surface area contributed by atoms with E-state index >= 15 is 0 Å². The Balaban J connectivity index is 2.72. The molecule has 0 aliphatic rings. The summed E-state index contributed by atoms with van der Waals surface area (Å²) in [5.74, 6) is -0.540. The van der Waals surface area contributed by atoms with Gasteiger partial charge < -0.3 is 4.74 Å². The second-order valence-corrected chi connectivity index (χ2v) is 4.62. The van der Waals surface area contributed by atoms with Crippen LogP contribution in [0.2, 0.25) is 0 Å². The van der Waals surface area contributed by atoms with Crippen molar-refractivity contribution in [3.63, 3.8) is 0 Å². The molecule has 0 aromatic heterocycles. The fourth-order valence-corrected chi connectivity index (χ4v) is 1.79. The van der Waals surface area contributed by atoms with Gasteiger partial charge in [-0.15, -0.1) is 0 Å². The van der Waals surface area contributed by atoms with Crippen LogP contribution in [0.5, 0.6) is 0 Å². The molecule has 0 atom stereocenters. The smallest absolute Gasteiger partial charge is 0.339 e. The molecule has 0 aliphatic carbocycles. The molecule has 1 aromatic rings. The summed E-state index contributed by atoms with van der Waals surface area (Å²) in [6.45, 7) is 2.39. The largest absolute Gasteiger partial charge is 0.462 e. The maximum Gasteiger partial charge on any atom is 0.339 e. The molecule has 0 radical (unpaired) electrons. The van der Waals surface area contributed by atoms with Gasteiger partial charge in [0, 0.05) is 16.6 Å². The lowest BCUT2D eigenvalue weighted by Gasteiger charge is -2.05. The average Bonchev–Trinajstić information content (AvgIpc) is 2.34. The van der Waals surface area contributed by atoms with Gasteiger partial charge in [-0.3, -0.25) is 10.1 Å². The zero-order valence-electron chi connectivity index (χ0n) is 10.0. The molecule has 0 amide bonds. The van der Waals surface area contributed by atoms with Crippen molar-refractivity contribution in [2.45, 2.75) is 26.2 Å². The molecule has 0 N–H and O–H groups in total. The minimum atomic E-state index is -0.541. The standard InChI is InChI=1S/C12H14BrNO4/c1-2-3-4-7-18-12(15)10-8-9(14(16)17)5-6-11(10)13/h5-6,8H,2-4,7H2,1H3. The summed E-state index contributed by atoms with van der Waals surface area (Å²) in [5.41, 5.74) is 0.0550. The van der Waals surface area contributed by atoms with Crippen molar-refractivity contribution in [2.24, 2.45) is 0 Å². The summed E-state index contributed by atoms with van der Waals surface area (Å²) in [6.07, 6.45) is 2.83. The van der Waals surface area contributed by atoms with Gasteiger partial charge in [0.25, 0.3) is 5.69 Å². The van der Waals surface area contributed by atoms with E-state index in [-0.39, 0.29) is 11.3 Å². The van der Waals surface area contributed by atoms with Gasteiger partial charge in [-0.2, -0.15) is 0 Å². The van der Waals surface area contributed by atoms with Gasteiger partial charge in [0.05, 0.1) is 17.1 Å². The number of nitro benzene ring substituents is 1. The maximum absolute atomic E-state index is 11.7. The summed E-state index contributed by atoms with van der Waals surface area (Å²) < 4.78 is 5.55. The number of benzene rings is 1. The van der Waals surface area contributed by atoms with E-state index in [2.05, 4.69) is 22.9 Å². The topological polar surface area (TPSA) is 69.4 Å². The molecule has 18 heavy (non-hydrogen) atoms. The highest BCUT2D eigenvalue weighted by Crippen LogP contribution is 2.23. The number of halogens is 1. The van der Waals surface area contributed by atoms with E-state index in [0.29, 0.717) is 11.1 Å². The number of esters is 1. The summed E-state index contributed by atoms with van der Waals surface area (Å²) in [4.78, 5) is 21.8. The summed E-state index contributed by atoms with van der Waals surface area (Å²) in [6, 6.07) is 4.02. The van der Waals surface area contributed by atoms with Crippen LogP contribution < -0.4 is 0 Å². The lowest BCUT2D eigenvalue weighted by atomic mass is 10.2. The number of non-ortho nitro benzene ring substituents is 1. The van der Waals surface area contributed by atoms with Gasteiger partial charge in [0.15, 0.2) is 0 Å². The Morgan fingerprint density at radius 2 is 2.17 bits per heavy atom. The second-order valence-electron chi connectivity index (χ2n) is 3.76. The number of hydrogen-bond donors (Lipinski definition) is 0. The number of unbranched alkanes of at least 4 members (excludes halogenated alkanes) is 2. The van der Waals surface area contributed by atoms with Gasteiger partial charge in [0.1, 0.15) is 0 Å². The van der Waals surface area contributed by atoms with Gasteiger partial charge in [-0.05, 0) is 28.4 Å². The molecule has 0 fully saturated rings. The Kier molecular flexibility index (Phi) is 5.77. The van der Waals surface area contributed by atoms with Crippen LogP contribution >= 0.6 is 15.9 Å². The fourth-order valence-electron chi connectivity index (χ4n) is 1.38. The molecule has 0 saturated heterocycles. The molecule has 1 aromatic carbocycles. The zero-order valence-corrected chi connectivity index (χ0v) is 11.6. The molecular weight excluding hydrogens is 302 g/mol. The van der Waals surface area contributed by atoms with E-state index < -0.39 is 10.9 Å². The van der Waals surface area contributed by atoms with Gasteiger partial charge in [-0.1, -0.05) is 19.8 Å². The Labute approximate surface area is 113 Å². The molecule has 0 unspecified atom stereocenters. The SMILES string of the molecule is CCCCCOC(=O)c1cc([N+](=O)[O-])ccc1Br. The van der Waals surface area contributed by atoms with Crippen molar-refractivity contribution in [3.8, 4) is 0 Å². The van der Waals surface area contributed by atoms with Crippen LogP contribution in [0.3, 0.4) is 0 Å². The minimum absolute atomic E-state index is 0.126. The molecule has 0 aliphatic heterocycles. The van der Waals surface area contributed by atoms with Crippen molar-refractivity contribution in [2.75, 3.05) is 6.61 Å². The predicted molar refractivity (Wildman–Crippen MR) is 70.6 cm³/mol. The lowest BCUT2D eigenvalue weighted by Crippen LogP contribution is -2.07. The lowest BCUT2D eigenvalue weighted by molar-refractivity contribution is -0.384. The van der Waals surface area contributed by atoms with Crippen molar-refractivity contribution in [1.82, 2.24) is 0 Å². The molecule has 5 nitrogen and oxygen atoms in total. The predicted octanol–water partition coefficient (Wildman–Crippen LogP) is 3.70. The highest BCUT2D eigenvalue weighted by atomic mass is 79.9. The first-order chi connectivity index (χ1) is 8.56. The fraction of sp³-hybridized carbons (Fsp3) is 0.417. The van der Waals surface area contributed by atoms with Crippen LogP contribution in [0.4, 0.5) is 5.69 Å². The number of carbonyl (C=O) groups excluding carboxylic acids is 1. The van der Waals surface area contributed by atoms with E-state index in [0.717, 1.165) is 19.3 Å². The molecule has 0 spiro atoms. The normalized spacial score (nSPS) is 10.1. The Hall–Kier alpha value is -1.43. The Morgan fingerprint density at radius 1 is 1.44 bits per heavy atom. The van der Waals surface area contributed by atoms with Crippen LogP contribution in [0.25, 0.3) is 0 Å². The molecular formula is C12H14BrNO4. The van der Waals surface area contributed by atoms with Crippen LogP contribution in [-0.4, -0.2) is 17.5 Å². The highest BCUT2D eigenvalue weighted by molar-refractivity contribution is 9.10. The summed E-state index contributed by atoms with van der Waals surface area (Å²) >= 11 is 3.18. The molecule has 0 bridgehead atoms. The van der Waals surface area contributed by atoms with Crippen LogP contribution in [0.15, 0.2) is 22.7 Å². The number of hydrogen-bond acceptors (Lipinski definition) is 4. The third-order valence-corrected chi connectivity index (χ3v) is 3.05. The van der Waals surface area contributed by atoms with E-state index in [1.54, 1.807) is 0 Å². The van der Waals surface area contributed by atoms with Crippen LogP contribution in [0, 0.1) is 10.1 Å². The highest BCUT2D eigenvalue weighted by Gasteiger charge is 2.16. The number of rotatable bonds is 6. The monoisotopic (exact) mass is 315 g/mol. The third kappa shape index (κ3) is 4.10. The Bertz CT molecular complexity index is 448. The van der Waals surface area contributed by atoms with Gasteiger partial charge >= 0.3 is 5.97 Å². The van der Waals surface area contributed by atoms with E-state index in [1.807, 2.05) is 0 Å². The zero-order chi connectivity index (χ0) is 13.5. The molecule has 6 heteroatoms. The van der Waals surface area contributed by atoms with Crippen LogP contribution in [-0.2, 0) is 4.74 Å². The van der Waals surface area contributed by atoms with Crippen molar-refractivity contribution in [3.05, 3.63) is 38.3 Å². The van der Waals surface area contributed by atoms with Crippen molar-refractivity contribution >= 4 is 27.6 Å². The number of nitro groups is 1. The van der Waals surface area contributed by atoms with Gasteiger partial charge in [-0.25, -0.2) is 4.79 Å². The molecule has 1 rings (SSSR count). The van der Waals surface area contributed by atoms with Crippen LogP contribution in [0.1, 0.15) is 36.5 Å². The third-order valence-electron chi connectivity index (χ3n) is 2.36. The number of carbonyl (C=O) groups is 1. The summed E-state index contributed by atoms with van der Waals surface area (Å²) in [7, 11) is 0. The first kappa shape index (κ1) is 14.6. The molecule has 0 saturated carbocycles. The van der Waals surface area contributed by atoms with Crippen molar-refractivity contribution in [1.29, 1.82) is 0 Å². The van der Waals surface area contributed by atoms with Gasteiger partial charge in [0.2, 0.25) is 0 Å².